The molecule has 0 aliphatic carbocycles. The van der Waals surface area contributed by atoms with Crippen molar-refractivity contribution in [2.45, 2.75) is 12.3 Å². The molecule has 2 aliphatic heterocycles. The third-order valence-electron chi connectivity index (χ3n) is 6.00. The lowest BCUT2D eigenvalue weighted by molar-refractivity contribution is -0.000369. The van der Waals surface area contributed by atoms with Gasteiger partial charge < -0.3 is 24.2 Å². The average Bonchev–Trinajstić information content (AvgIpc) is 3.43. The summed E-state index contributed by atoms with van der Waals surface area (Å²) in [7, 11) is 1.65. The molecule has 0 spiro atoms. The fourth-order valence-electron chi connectivity index (χ4n) is 4.49. The Kier molecular flexibility index (Phi) is 4.15. The molecule has 2 atom stereocenters. The zero-order valence-electron chi connectivity index (χ0n) is 16.6. The average molecular weight is 405 g/mol. The summed E-state index contributed by atoms with van der Waals surface area (Å²) in [6.45, 7) is 3.11. The van der Waals surface area contributed by atoms with Crippen LogP contribution in [0.3, 0.4) is 0 Å². The van der Waals surface area contributed by atoms with Gasteiger partial charge in [-0.05, 0) is 23.8 Å². The number of methoxy groups -OCH3 is 1. The number of benzene rings is 1. The maximum atomic E-state index is 6.23. The minimum Gasteiger partial charge on any atom is -0.495 e. The topological polar surface area (TPSA) is 87.6 Å². The molecule has 6 rings (SSSR count). The second kappa shape index (κ2) is 7.02. The van der Waals surface area contributed by atoms with Crippen molar-refractivity contribution < 1.29 is 13.9 Å². The molecule has 4 aromatic rings. The lowest BCUT2D eigenvalue weighted by atomic mass is 10.0. The minimum atomic E-state index is -0.0863. The number of H-pyrrole nitrogens is 1. The molecular weight excluding hydrogens is 382 g/mol. The van der Waals surface area contributed by atoms with Gasteiger partial charge in [0.1, 0.15) is 18.1 Å². The number of rotatable bonds is 3. The van der Waals surface area contributed by atoms with Crippen LogP contribution in [0.15, 0.2) is 47.1 Å². The highest BCUT2D eigenvalue weighted by atomic mass is 16.5. The van der Waals surface area contributed by atoms with Crippen LogP contribution in [0, 0.1) is 0 Å². The predicted molar refractivity (Wildman–Crippen MR) is 113 cm³/mol. The molecule has 1 aromatic carbocycles. The van der Waals surface area contributed by atoms with Crippen LogP contribution < -0.4 is 15.4 Å². The van der Waals surface area contributed by atoms with Crippen LogP contribution in [0.2, 0.25) is 0 Å². The Bertz CT molecular complexity index is 1210. The maximum Gasteiger partial charge on any atom is 0.228 e. The Morgan fingerprint density at radius 3 is 2.93 bits per heavy atom. The van der Waals surface area contributed by atoms with E-state index in [-0.39, 0.29) is 12.3 Å². The van der Waals surface area contributed by atoms with E-state index in [2.05, 4.69) is 49.8 Å². The molecule has 8 nitrogen and oxygen atoms in total. The van der Waals surface area contributed by atoms with Gasteiger partial charge in [0, 0.05) is 30.2 Å². The van der Waals surface area contributed by atoms with Crippen LogP contribution >= 0.6 is 0 Å². The van der Waals surface area contributed by atoms with Crippen LogP contribution in [0.5, 0.6) is 5.75 Å². The van der Waals surface area contributed by atoms with Gasteiger partial charge in [-0.2, -0.15) is 0 Å². The SMILES string of the molecule is COc1cnc2oc3c(c2c1)NC(c1cccc2[nH]ccc12)NC3N1CCOCC1. The third kappa shape index (κ3) is 2.76. The highest BCUT2D eigenvalue weighted by Crippen LogP contribution is 2.43. The second-order valence-corrected chi connectivity index (χ2v) is 7.65. The molecule has 0 amide bonds. The van der Waals surface area contributed by atoms with Crippen LogP contribution in [0.25, 0.3) is 22.0 Å². The van der Waals surface area contributed by atoms with Crippen molar-refractivity contribution in [2.75, 3.05) is 38.7 Å². The first-order chi connectivity index (χ1) is 14.8. The number of furan rings is 1. The number of pyridine rings is 1. The van der Waals surface area contributed by atoms with Crippen molar-refractivity contribution in [3.8, 4) is 5.75 Å². The number of morpholine rings is 1. The summed E-state index contributed by atoms with van der Waals surface area (Å²) >= 11 is 0. The number of nitrogens with zero attached hydrogens (tertiary/aromatic N) is 2. The van der Waals surface area contributed by atoms with E-state index in [0.717, 1.165) is 35.4 Å². The smallest absolute Gasteiger partial charge is 0.228 e. The van der Waals surface area contributed by atoms with Crippen molar-refractivity contribution in [3.05, 3.63) is 54.0 Å². The third-order valence-corrected chi connectivity index (χ3v) is 6.00. The fourth-order valence-corrected chi connectivity index (χ4v) is 4.49. The van der Waals surface area contributed by atoms with E-state index in [9.17, 15) is 0 Å². The summed E-state index contributed by atoms with van der Waals surface area (Å²) in [5.41, 5.74) is 3.87. The zero-order valence-corrected chi connectivity index (χ0v) is 16.6. The number of anilines is 1. The number of aromatic nitrogens is 2. The first-order valence-electron chi connectivity index (χ1n) is 10.2. The van der Waals surface area contributed by atoms with E-state index in [1.807, 2.05) is 12.3 Å². The maximum absolute atomic E-state index is 6.23. The largest absolute Gasteiger partial charge is 0.495 e. The summed E-state index contributed by atoms with van der Waals surface area (Å²) in [4.78, 5) is 10.1. The molecule has 1 fully saturated rings. The van der Waals surface area contributed by atoms with Gasteiger partial charge >= 0.3 is 0 Å². The summed E-state index contributed by atoms with van der Waals surface area (Å²) < 4.78 is 17.2. The highest BCUT2D eigenvalue weighted by molar-refractivity contribution is 5.92. The Hall–Kier alpha value is -3.07. The first kappa shape index (κ1) is 17.8. The molecule has 3 N–H and O–H groups in total. The number of ether oxygens (including phenoxy) is 2. The standard InChI is InChI=1S/C22H23N5O3/c1-28-13-11-16-18-19(30-22(16)24-12-13)21(27-7-9-29-10-8-27)26-20(25-18)15-3-2-4-17-14(15)5-6-23-17/h2-6,11-12,20-21,23,25-26H,7-10H2,1H3. The summed E-state index contributed by atoms with van der Waals surface area (Å²) in [6.07, 6.45) is 3.50. The molecule has 2 aliphatic rings. The van der Waals surface area contributed by atoms with E-state index in [4.69, 9.17) is 13.9 Å². The molecule has 30 heavy (non-hydrogen) atoms. The van der Waals surface area contributed by atoms with E-state index >= 15 is 0 Å². The number of nitrogens with one attached hydrogen (secondary N) is 3. The molecular formula is C22H23N5O3. The minimum absolute atomic E-state index is 0.0791. The second-order valence-electron chi connectivity index (χ2n) is 7.65. The lowest BCUT2D eigenvalue weighted by Crippen LogP contribution is -2.49. The Balaban J connectivity index is 1.50. The molecule has 0 radical (unpaired) electrons. The molecule has 5 heterocycles. The zero-order chi connectivity index (χ0) is 20.1. The van der Waals surface area contributed by atoms with Gasteiger partial charge in [0.15, 0.2) is 5.76 Å². The van der Waals surface area contributed by atoms with Crippen LogP contribution in [-0.2, 0) is 4.74 Å². The summed E-state index contributed by atoms with van der Waals surface area (Å²) in [5, 5.41) is 9.54. The molecule has 0 bridgehead atoms. The quantitative estimate of drug-likeness (QED) is 0.482. The predicted octanol–water partition coefficient (Wildman–Crippen LogP) is 3.36. The Morgan fingerprint density at radius 2 is 2.07 bits per heavy atom. The van der Waals surface area contributed by atoms with Crippen molar-refractivity contribution in [1.82, 2.24) is 20.2 Å². The van der Waals surface area contributed by atoms with Crippen LogP contribution in [0.4, 0.5) is 5.69 Å². The normalized spacial score (nSPS) is 22.2. The van der Waals surface area contributed by atoms with E-state index < -0.39 is 0 Å². The van der Waals surface area contributed by atoms with E-state index in [1.165, 1.54) is 10.9 Å². The van der Waals surface area contributed by atoms with Gasteiger partial charge in [0.25, 0.3) is 0 Å². The number of hydrogen-bond donors (Lipinski definition) is 3. The molecule has 8 heteroatoms. The Labute approximate surface area is 173 Å². The van der Waals surface area contributed by atoms with Gasteiger partial charge in [-0.3, -0.25) is 10.2 Å². The summed E-state index contributed by atoms with van der Waals surface area (Å²) in [5.74, 6) is 1.56. The number of fused-ring (bicyclic) bond motifs is 4. The number of aromatic amines is 1. The molecule has 0 saturated carbocycles. The van der Waals surface area contributed by atoms with Crippen LogP contribution in [0.1, 0.15) is 23.7 Å². The van der Waals surface area contributed by atoms with Gasteiger partial charge in [-0.15, -0.1) is 0 Å². The van der Waals surface area contributed by atoms with Crippen molar-refractivity contribution in [1.29, 1.82) is 0 Å². The number of hydrogen-bond acceptors (Lipinski definition) is 7. The Morgan fingerprint density at radius 1 is 1.17 bits per heavy atom. The van der Waals surface area contributed by atoms with Crippen LogP contribution in [-0.4, -0.2) is 48.3 Å². The van der Waals surface area contributed by atoms with Crippen molar-refractivity contribution in [3.63, 3.8) is 0 Å². The van der Waals surface area contributed by atoms with Gasteiger partial charge in [-0.25, -0.2) is 4.98 Å². The van der Waals surface area contributed by atoms with Gasteiger partial charge in [0.05, 0.1) is 37.6 Å². The van der Waals surface area contributed by atoms with Crippen molar-refractivity contribution >= 4 is 27.7 Å². The molecule has 2 unspecified atom stereocenters. The molecule has 3 aromatic heterocycles. The summed E-state index contributed by atoms with van der Waals surface area (Å²) in [6, 6.07) is 10.4. The first-order valence-corrected chi connectivity index (χ1v) is 10.2. The fraction of sp³-hybridized carbons (Fsp3) is 0.318. The van der Waals surface area contributed by atoms with E-state index in [0.29, 0.717) is 24.7 Å². The molecule has 1 saturated heterocycles. The van der Waals surface area contributed by atoms with Gasteiger partial charge in [0.2, 0.25) is 5.71 Å². The monoisotopic (exact) mass is 405 g/mol. The highest BCUT2D eigenvalue weighted by Gasteiger charge is 2.36. The lowest BCUT2D eigenvalue weighted by Gasteiger charge is -2.40. The molecule has 154 valence electrons. The van der Waals surface area contributed by atoms with Gasteiger partial charge in [-0.1, -0.05) is 12.1 Å². The van der Waals surface area contributed by atoms with E-state index in [1.54, 1.807) is 13.3 Å². The van der Waals surface area contributed by atoms with Crippen molar-refractivity contribution in [2.24, 2.45) is 0 Å².